The van der Waals surface area contributed by atoms with Crippen molar-refractivity contribution in [1.29, 1.82) is 0 Å². The molecule has 0 bridgehead atoms. The molecule has 0 spiro atoms. The topological polar surface area (TPSA) is 251 Å². The quantitative estimate of drug-likeness (QED) is 0.283. The van der Waals surface area contributed by atoms with Gasteiger partial charge in [-0.25, -0.2) is 4.79 Å². The van der Waals surface area contributed by atoms with Crippen molar-refractivity contribution in [2.24, 2.45) is 0 Å². The second kappa shape index (κ2) is 11.2. The lowest BCUT2D eigenvalue weighted by Crippen LogP contribution is -2.18. The van der Waals surface area contributed by atoms with Gasteiger partial charge in [-0.05, 0) is 16.3 Å². The Labute approximate surface area is 190 Å². The molecule has 1 atom stereocenters. The van der Waals surface area contributed by atoms with Crippen molar-refractivity contribution in [1.82, 2.24) is 5.32 Å². The van der Waals surface area contributed by atoms with Crippen LogP contribution in [0.4, 0.5) is 28.4 Å². The van der Waals surface area contributed by atoms with Crippen molar-refractivity contribution in [2.75, 3.05) is 12.1 Å². The van der Waals surface area contributed by atoms with Gasteiger partial charge in [0.1, 0.15) is 5.56 Å². The molecule has 3 N–H and O–H groups in total. The summed E-state index contributed by atoms with van der Waals surface area (Å²) >= 11 is 0. The van der Waals surface area contributed by atoms with Crippen LogP contribution in [0.15, 0.2) is 24.3 Å². The highest BCUT2D eigenvalue weighted by molar-refractivity contribution is 7.18. The van der Waals surface area contributed by atoms with E-state index in [9.17, 15) is 50.0 Å². The molecule has 1 amide bonds. The average molecular weight is 498 g/mol. The van der Waals surface area contributed by atoms with Gasteiger partial charge in [0.25, 0.3) is 17.3 Å². The highest BCUT2D eigenvalue weighted by Gasteiger charge is 2.28. The van der Waals surface area contributed by atoms with Crippen molar-refractivity contribution < 1.29 is 34.4 Å². The number of carbonyl (C=O) groups excluding carboxylic acids is 1. The third-order valence-electron chi connectivity index (χ3n) is 4.12. The summed E-state index contributed by atoms with van der Waals surface area (Å²) in [4.78, 5) is 61.5. The Bertz CT molecular complexity index is 1150. The van der Waals surface area contributed by atoms with Gasteiger partial charge in [-0.3, -0.25) is 45.3 Å². The maximum atomic E-state index is 11.3. The van der Waals surface area contributed by atoms with E-state index in [0.29, 0.717) is 0 Å². The smallest absolute Gasteiger partial charge is 0.336 e. The van der Waals surface area contributed by atoms with E-state index < -0.39 is 59.9 Å². The van der Waals surface area contributed by atoms with E-state index in [2.05, 4.69) is 10.4 Å². The molecule has 0 aromatic heterocycles. The van der Waals surface area contributed by atoms with Crippen molar-refractivity contribution in [3.8, 4) is 0 Å². The lowest BCUT2D eigenvalue weighted by atomic mass is 10.1. The van der Waals surface area contributed by atoms with Crippen LogP contribution < -0.4 is 10.4 Å². The first-order valence-corrected chi connectivity index (χ1v) is 9.16. The van der Waals surface area contributed by atoms with E-state index in [-0.39, 0.29) is 16.8 Å². The van der Waals surface area contributed by atoms with Gasteiger partial charge in [0, 0.05) is 31.3 Å². The van der Waals surface area contributed by atoms with Crippen LogP contribution in [0.5, 0.6) is 0 Å². The molecule has 2 aromatic carbocycles. The first kappa shape index (κ1) is 27.2. The highest BCUT2D eigenvalue weighted by Crippen LogP contribution is 2.36. The molecule has 0 fully saturated rings. The highest BCUT2D eigenvalue weighted by atomic mass is 31.0. The van der Waals surface area contributed by atoms with Gasteiger partial charge >= 0.3 is 17.3 Å². The normalized spacial score (nSPS) is 9.74. The van der Waals surface area contributed by atoms with Gasteiger partial charge in [0.2, 0.25) is 0 Å². The summed E-state index contributed by atoms with van der Waals surface area (Å²) in [6.45, 7) is 1.27. The Kier molecular flexibility index (Phi) is 8.96. The number of rotatable bonds is 7. The molecule has 18 heteroatoms. The van der Waals surface area contributed by atoms with E-state index in [1.54, 1.807) is 0 Å². The summed E-state index contributed by atoms with van der Waals surface area (Å²) in [5.41, 5.74) is -3.32. The number of benzene rings is 2. The van der Waals surface area contributed by atoms with Crippen LogP contribution >= 0.6 is 9.39 Å². The van der Waals surface area contributed by atoms with Crippen LogP contribution in [0.1, 0.15) is 26.3 Å². The molecule has 34 heavy (non-hydrogen) atoms. The Hall–Kier alpha value is -4.79. The summed E-state index contributed by atoms with van der Waals surface area (Å²) in [5.74, 6) is -2.09. The van der Waals surface area contributed by atoms with Gasteiger partial charge in [0.05, 0.1) is 30.8 Å². The minimum Gasteiger partial charge on any atom is -0.478 e. The number of aromatic carboxylic acids is 1. The van der Waals surface area contributed by atoms with Gasteiger partial charge in [-0.2, -0.15) is 0 Å². The molecule has 0 saturated carbocycles. The van der Waals surface area contributed by atoms with E-state index >= 15 is 0 Å². The summed E-state index contributed by atoms with van der Waals surface area (Å²) in [6.07, 6.45) is 0. The van der Waals surface area contributed by atoms with Crippen LogP contribution in [0.3, 0.4) is 0 Å². The maximum absolute atomic E-state index is 11.3. The molecule has 0 heterocycles. The molecular weight excluding hydrogens is 483 g/mol. The van der Waals surface area contributed by atoms with Crippen LogP contribution in [0.2, 0.25) is 0 Å². The van der Waals surface area contributed by atoms with E-state index in [4.69, 9.17) is 5.11 Å². The summed E-state index contributed by atoms with van der Waals surface area (Å²) in [7, 11) is 3.22. The average Bonchev–Trinajstić information content (AvgIpc) is 2.77. The van der Waals surface area contributed by atoms with Crippen molar-refractivity contribution in [3.05, 3.63) is 81.4 Å². The molecule has 2 aromatic rings. The van der Waals surface area contributed by atoms with Gasteiger partial charge in [-0.15, -0.1) is 0 Å². The minimum absolute atomic E-state index is 0.0762. The molecule has 0 aliphatic heterocycles. The van der Waals surface area contributed by atoms with E-state index in [0.717, 1.165) is 24.3 Å². The Morgan fingerprint density at radius 2 is 1.15 bits per heavy atom. The summed E-state index contributed by atoms with van der Waals surface area (Å²) in [6, 6.07) is 3.53. The fourth-order valence-corrected chi connectivity index (χ4v) is 2.81. The second-order valence-corrected chi connectivity index (χ2v) is 6.37. The van der Waals surface area contributed by atoms with Gasteiger partial charge in [0.15, 0.2) is 5.69 Å². The molecule has 0 aliphatic carbocycles. The Morgan fingerprint density at radius 1 is 0.794 bits per heavy atom. The van der Waals surface area contributed by atoms with Crippen LogP contribution in [-0.2, 0) is 0 Å². The summed E-state index contributed by atoms with van der Waals surface area (Å²) in [5, 5.41) is 55.9. The molecule has 2 rings (SSSR count). The number of amides is 1. The first-order valence-electron chi connectivity index (χ1n) is 8.58. The third kappa shape index (κ3) is 6.13. The molecule has 1 unspecified atom stereocenters. The minimum atomic E-state index is -1.48. The second-order valence-electron chi connectivity index (χ2n) is 6.09. The molecule has 0 aliphatic rings. The Balaban J connectivity index is 0.000000340. The SMILES string of the molecule is CNC(=O)c1cc([N+](=O)[O-])c(C)c([N+](=O)[O-])c1.O=C(O)c1cc([N+](=O)[O-])c(NP)c([N+](=O)[O-])c1. The number of hydrogen-bond acceptors (Lipinski definition) is 11. The summed E-state index contributed by atoms with van der Waals surface area (Å²) < 4.78 is 0. The molecule has 180 valence electrons. The Morgan fingerprint density at radius 3 is 1.41 bits per heavy atom. The van der Waals surface area contributed by atoms with Crippen molar-refractivity contribution >= 4 is 49.7 Å². The number of hydrogen-bond donors (Lipinski definition) is 3. The number of anilines is 1. The third-order valence-corrected chi connectivity index (χ3v) is 4.41. The number of nitro benzene ring substituents is 4. The van der Waals surface area contributed by atoms with Crippen LogP contribution in [-0.4, -0.2) is 43.7 Å². The maximum Gasteiger partial charge on any atom is 0.336 e. The van der Waals surface area contributed by atoms with Crippen LogP contribution in [0, 0.1) is 47.4 Å². The van der Waals surface area contributed by atoms with Crippen LogP contribution in [0.25, 0.3) is 0 Å². The van der Waals surface area contributed by atoms with Gasteiger partial charge < -0.3 is 15.5 Å². The number of carboxylic acid groups (broad SMARTS) is 1. The molecule has 17 nitrogen and oxygen atoms in total. The lowest BCUT2D eigenvalue weighted by Gasteiger charge is -2.04. The van der Waals surface area contributed by atoms with E-state index in [1.807, 2.05) is 9.39 Å². The standard InChI is InChI=1S/C9H9N3O5.C7H6N3O6P/c1-5-7(11(14)15)3-6(9(13)10-2)4-8(5)12(16)17;11-7(12)3-1-4(9(13)14)6(8-17)5(2-3)10(15)16/h3-4H,1-2H3,(H,10,13);1-2,8H,17H2,(H,11,12). The largest absolute Gasteiger partial charge is 0.478 e. The zero-order valence-electron chi connectivity index (χ0n) is 17.2. The predicted molar refractivity (Wildman–Crippen MR) is 118 cm³/mol. The number of carbonyl (C=O) groups is 2. The van der Waals surface area contributed by atoms with Gasteiger partial charge in [-0.1, -0.05) is 0 Å². The zero-order chi connectivity index (χ0) is 26.3. The number of nitrogens with zero attached hydrogens (tertiary/aromatic N) is 4. The van der Waals surface area contributed by atoms with Crippen molar-refractivity contribution in [3.63, 3.8) is 0 Å². The van der Waals surface area contributed by atoms with E-state index in [1.165, 1.54) is 14.0 Å². The number of carboxylic acids is 1. The van der Waals surface area contributed by atoms with Crippen molar-refractivity contribution in [2.45, 2.75) is 6.92 Å². The fraction of sp³-hybridized carbons (Fsp3) is 0.125. The predicted octanol–water partition coefficient (Wildman–Crippen LogP) is 2.57. The molecule has 0 saturated heterocycles. The zero-order valence-corrected chi connectivity index (χ0v) is 18.4. The first-order chi connectivity index (χ1) is 15.8. The monoisotopic (exact) mass is 498 g/mol. The molecular formula is C16H15N6O11P. The number of nitrogens with one attached hydrogen (secondary N) is 2. The lowest BCUT2D eigenvalue weighted by molar-refractivity contribution is -0.395. The fourth-order valence-electron chi connectivity index (χ4n) is 2.51. The molecule has 0 radical (unpaired) electrons. The number of nitro groups is 4.